The average molecular weight is 365 g/mol. The number of carbonyl (C=O) groups excluding carboxylic acids is 1. The van der Waals surface area contributed by atoms with Gasteiger partial charge in [0.1, 0.15) is 6.54 Å². The van der Waals surface area contributed by atoms with Crippen LogP contribution in [0.3, 0.4) is 0 Å². The topological polar surface area (TPSA) is 63.6 Å². The molecule has 1 aliphatic heterocycles. The van der Waals surface area contributed by atoms with Crippen LogP contribution < -0.4 is 10.7 Å². The van der Waals surface area contributed by atoms with Gasteiger partial charge in [0.05, 0.1) is 24.2 Å². The molecule has 6 nitrogen and oxygen atoms in total. The van der Waals surface area contributed by atoms with Gasteiger partial charge >= 0.3 is 0 Å². The van der Waals surface area contributed by atoms with Gasteiger partial charge in [-0.3, -0.25) is 14.5 Å². The Kier molecular flexibility index (Phi) is 5.18. The summed E-state index contributed by atoms with van der Waals surface area (Å²) in [7, 11) is 0. The Bertz CT molecular complexity index is 962. The Morgan fingerprint density at radius 1 is 0.963 bits per heavy atom. The highest BCUT2D eigenvalue weighted by molar-refractivity contribution is 5.94. The maximum absolute atomic E-state index is 12.7. The number of ether oxygens (including phenoxy) is 1. The molecular formula is C21H23N3O3. The molecule has 27 heavy (non-hydrogen) atoms. The summed E-state index contributed by atoms with van der Waals surface area (Å²) in [5.41, 5.74) is 1.57. The largest absolute Gasteiger partial charge is 0.379 e. The van der Waals surface area contributed by atoms with E-state index in [-0.39, 0.29) is 17.9 Å². The van der Waals surface area contributed by atoms with Crippen molar-refractivity contribution in [1.29, 1.82) is 0 Å². The molecule has 0 unspecified atom stereocenters. The van der Waals surface area contributed by atoms with Crippen LogP contribution in [-0.4, -0.2) is 54.8 Å². The van der Waals surface area contributed by atoms with E-state index in [1.807, 2.05) is 53.1 Å². The molecule has 0 radical (unpaired) electrons. The van der Waals surface area contributed by atoms with Crippen molar-refractivity contribution in [2.45, 2.75) is 6.54 Å². The third kappa shape index (κ3) is 3.72. The first-order valence-corrected chi connectivity index (χ1v) is 9.31. The summed E-state index contributed by atoms with van der Waals surface area (Å²) in [6.07, 6.45) is 0. The second-order valence-corrected chi connectivity index (χ2v) is 6.75. The van der Waals surface area contributed by atoms with Crippen molar-refractivity contribution in [3.63, 3.8) is 0 Å². The molecule has 3 aromatic rings. The molecule has 0 bridgehead atoms. The number of morpholine rings is 1. The molecule has 2 aromatic carbocycles. The van der Waals surface area contributed by atoms with E-state index in [9.17, 15) is 9.59 Å². The van der Waals surface area contributed by atoms with Crippen molar-refractivity contribution in [2.24, 2.45) is 0 Å². The zero-order chi connectivity index (χ0) is 18.6. The summed E-state index contributed by atoms with van der Waals surface area (Å²) < 4.78 is 7.27. The lowest BCUT2D eigenvalue weighted by Gasteiger charge is -2.26. The van der Waals surface area contributed by atoms with Crippen LogP contribution in [0.4, 0.5) is 0 Å². The third-order valence-electron chi connectivity index (χ3n) is 5.03. The van der Waals surface area contributed by atoms with Crippen LogP contribution in [0.5, 0.6) is 0 Å². The van der Waals surface area contributed by atoms with Crippen molar-refractivity contribution in [1.82, 2.24) is 14.8 Å². The van der Waals surface area contributed by atoms with E-state index in [4.69, 9.17) is 4.74 Å². The molecular weight excluding hydrogens is 342 g/mol. The standard InChI is InChI=1S/C21H23N3O3/c25-20(22-9-10-23-11-13-27-14-12-23)15-24-18-7-3-1-5-16(18)21(26)17-6-2-4-8-19(17)24/h1-8H,9-15H2,(H,22,25). The molecule has 1 amide bonds. The van der Waals surface area contributed by atoms with Crippen molar-refractivity contribution in [3.8, 4) is 0 Å². The van der Waals surface area contributed by atoms with Gasteiger partial charge in [-0.2, -0.15) is 0 Å². The molecule has 1 aliphatic rings. The number of aromatic nitrogens is 1. The monoisotopic (exact) mass is 365 g/mol. The minimum Gasteiger partial charge on any atom is -0.379 e. The number of hydrogen-bond donors (Lipinski definition) is 1. The molecule has 0 spiro atoms. The van der Waals surface area contributed by atoms with Crippen LogP contribution in [0.15, 0.2) is 53.3 Å². The number of carbonyl (C=O) groups is 1. The second-order valence-electron chi connectivity index (χ2n) is 6.75. The fourth-order valence-electron chi connectivity index (χ4n) is 3.62. The summed E-state index contributed by atoms with van der Waals surface area (Å²) in [5.74, 6) is -0.0535. The minimum atomic E-state index is -0.0535. The summed E-state index contributed by atoms with van der Waals surface area (Å²) >= 11 is 0. The molecule has 4 rings (SSSR count). The minimum absolute atomic E-state index is 0.00479. The Morgan fingerprint density at radius 2 is 1.56 bits per heavy atom. The van der Waals surface area contributed by atoms with Crippen LogP contribution in [0.2, 0.25) is 0 Å². The van der Waals surface area contributed by atoms with Gasteiger partial charge in [0.2, 0.25) is 5.91 Å². The lowest BCUT2D eigenvalue weighted by Crippen LogP contribution is -2.41. The molecule has 0 saturated carbocycles. The van der Waals surface area contributed by atoms with E-state index in [0.717, 1.165) is 43.9 Å². The number of pyridine rings is 1. The zero-order valence-electron chi connectivity index (χ0n) is 15.2. The predicted molar refractivity (Wildman–Crippen MR) is 106 cm³/mol. The number of benzene rings is 2. The normalized spacial score (nSPS) is 15.3. The van der Waals surface area contributed by atoms with Gasteiger partial charge in [0, 0.05) is 37.0 Å². The Hall–Kier alpha value is -2.70. The first-order chi connectivity index (χ1) is 13.2. The first-order valence-electron chi connectivity index (χ1n) is 9.31. The number of para-hydroxylation sites is 2. The summed E-state index contributed by atoms with van der Waals surface area (Å²) in [6, 6.07) is 14.9. The molecule has 2 heterocycles. The lowest BCUT2D eigenvalue weighted by atomic mass is 10.1. The first kappa shape index (κ1) is 17.7. The fraction of sp³-hybridized carbons (Fsp3) is 0.333. The number of nitrogens with one attached hydrogen (secondary N) is 1. The number of hydrogen-bond acceptors (Lipinski definition) is 4. The number of amides is 1. The van der Waals surface area contributed by atoms with E-state index < -0.39 is 0 Å². The molecule has 1 N–H and O–H groups in total. The molecule has 1 fully saturated rings. The van der Waals surface area contributed by atoms with Crippen molar-refractivity contribution in [3.05, 3.63) is 58.8 Å². The maximum atomic E-state index is 12.7. The molecule has 140 valence electrons. The van der Waals surface area contributed by atoms with Crippen LogP contribution in [0.25, 0.3) is 21.8 Å². The fourth-order valence-corrected chi connectivity index (χ4v) is 3.62. The smallest absolute Gasteiger partial charge is 0.240 e. The van der Waals surface area contributed by atoms with Gasteiger partial charge in [-0.1, -0.05) is 24.3 Å². The maximum Gasteiger partial charge on any atom is 0.240 e. The Labute approximate surface area is 157 Å². The number of rotatable bonds is 5. The van der Waals surface area contributed by atoms with E-state index in [0.29, 0.717) is 17.3 Å². The number of fused-ring (bicyclic) bond motifs is 2. The van der Waals surface area contributed by atoms with Gasteiger partial charge in [-0.05, 0) is 24.3 Å². The Balaban J connectivity index is 1.56. The van der Waals surface area contributed by atoms with Crippen molar-refractivity contribution >= 4 is 27.7 Å². The van der Waals surface area contributed by atoms with Crippen LogP contribution >= 0.6 is 0 Å². The van der Waals surface area contributed by atoms with E-state index in [2.05, 4.69) is 10.2 Å². The highest BCUT2D eigenvalue weighted by atomic mass is 16.5. The average Bonchev–Trinajstić information content (AvgIpc) is 2.72. The van der Waals surface area contributed by atoms with E-state index >= 15 is 0 Å². The van der Waals surface area contributed by atoms with Crippen LogP contribution in [-0.2, 0) is 16.1 Å². The Morgan fingerprint density at radius 3 is 2.19 bits per heavy atom. The van der Waals surface area contributed by atoms with Gasteiger partial charge in [-0.15, -0.1) is 0 Å². The predicted octanol–water partition coefficient (Wildman–Crippen LogP) is 1.60. The zero-order valence-corrected chi connectivity index (χ0v) is 15.2. The summed E-state index contributed by atoms with van der Waals surface area (Å²) in [4.78, 5) is 27.6. The summed E-state index contributed by atoms with van der Waals surface area (Å²) in [5, 5.41) is 4.27. The third-order valence-corrected chi connectivity index (χ3v) is 5.03. The molecule has 1 saturated heterocycles. The van der Waals surface area contributed by atoms with Crippen LogP contribution in [0.1, 0.15) is 0 Å². The molecule has 1 aromatic heterocycles. The highest BCUT2D eigenvalue weighted by Crippen LogP contribution is 2.18. The van der Waals surface area contributed by atoms with Gasteiger partial charge in [0.25, 0.3) is 0 Å². The SMILES string of the molecule is O=C(Cn1c2ccccc2c(=O)c2ccccc21)NCCN1CCOCC1. The van der Waals surface area contributed by atoms with E-state index in [1.54, 1.807) is 0 Å². The second kappa shape index (κ2) is 7.90. The molecule has 0 aliphatic carbocycles. The van der Waals surface area contributed by atoms with Gasteiger partial charge < -0.3 is 14.6 Å². The van der Waals surface area contributed by atoms with Crippen molar-refractivity contribution < 1.29 is 9.53 Å². The lowest BCUT2D eigenvalue weighted by molar-refractivity contribution is -0.121. The summed E-state index contributed by atoms with van der Waals surface area (Å²) in [6.45, 7) is 4.93. The van der Waals surface area contributed by atoms with Gasteiger partial charge in [0.15, 0.2) is 5.43 Å². The number of nitrogens with zero attached hydrogens (tertiary/aromatic N) is 2. The van der Waals surface area contributed by atoms with Gasteiger partial charge in [-0.25, -0.2) is 0 Å². The molecule has 0 atom stereocenters. The van der Waals surface area contributed by atoms with E-state index in [1.165, 1.54) is 0 Å². The quantitative estimate of drug-likeness (QED) is 0.698. The molecule has 6 heteroatoms. The van der Waals surface area contributed by atoms with Crippen LogP contribution in [0, 0.1) is 0 Å². The van der Waals surface area contributed by atoms with Crippen molar-refractivity contribution in [2.75, 3.05) is 39.4 Å². The highest BCUT2D eigenvalue weighted by Gasteiger charge is 2.13.